The number of methoxy groups -OCH3 is 2. The highest BCUT2D eigenvalue weighted by molar-refractivity contribution is 7.98. The molecule has 2 aromatic rings. The highest BCUT2D eigenvalue weighted by atomic mass is 32.2. The van der Waals surface area contributed by atoms with Gasteiger partial charge in [0.25, 0.3) is 0 Å². The number of benzene rings is 2. The molecule has 2 atom stereocenters. The summed E-state index contributed by atoms with van der Waals surface area (Å²) in [6, 6.07) is 13.8. The van der Waals surface area contributed by atoms with Gasteiger partial charge < -0.3 is 9.47 Å². The summed E-state index contributed by atoms with van der Waals surface area (Å²) in [6.07, 6.45) is 4.61. The van der Waals surface area contributed by atoms with Gasteiger partial charge in [-0.25, -0.2) is 0 Å². The zero-order valence-electron chi connectivity index (χ0n) is 15.1. The molecule has 2 aliphatic rings. The molecule has 2 aromatic carbocycles. The van der Waals surface area contributed by atoms with E-state index in [1.807, 2.05) is 6.07 Å². The van der Waals surface area contributed by atoms with Crippen LogP contribution < -0.4 is 9.47 Å². The second-order valence-corrected chi connectivity index (χ2v) is 7.69. The molecule has 0 spiro atoms. The number of hydrogen-bond donors (Lipinski definition) is 0. The smallest absolute Gasteiger partial charge is 0.126 e. The van der Waals surface area contributed by atoms with Crippen LogP contribution in [-0.4, -0.2) is 38.5 Å². The zero-order valence-corrected chi connectivity index (χ0v) is 15.9. The lowest BCUT2D eigenvalue weighted by atomic mass is 9.81. The van der Waals surface area contributed by atoms with Gasteiger partial charge in [0.1, 0.15) is 11.5 Å². The fourth-order valence-electron chi connectivity index (χ4n) is 4.39. The molecular weight excluding hydrogens is 330 g/mol. The zero-order chi connectivity index (χ0) is 17.4. The summed E-state index contributed by atoms with van der Waals surface area (Å²) >= 11 is 1.79. The maximum atomic E-state index is 5.80. The first-order valence-electron chi connectivity index (χ1n) is 8.89. The number of nitrogens with zero attached hydrogens (tertiary/aromatic N) is 1. The maximum Gasteiger partial charge on any atom is 0.126 e. The van der Waals surface area contributed by atoms with Crippen LogP contribution in [0.5, 0.6) is 11.5 Å². The van der Waals surface area contributed by atoms with Gasteiger partial charge in [0.2, 0.25) is 0 Å². The lowest BCUT2D eigenvalue weighted by Crippen LogP contribution is -2.34. The average molecular weight is 356 g/mol. The van der Waals surface area contributed by atoms with Crippen LogP contribution >= 0.6 is 11.8 Å². The Kier molecular flexibility index (Phi) is 4.65. The van der Waals surface area contributed by atoms with Crippen LogP contribution in [0.1, 0.15) is 41.5 Å². The average Bonchev–Trinajstić information content (AvgIpc) is 3.15. The van der Waals surface area contributed by atoms with Gasteiger partial charge in [-0.1, -0.05) is 12.1 Å². The molecule has 3 nitrogen and oxygen atoms in total. The third kappa shape index (κ3) is 2.91. The van der Waals surface area contributed by atoms with E-state index in [4.69, 9.17) is 9.47 Å². The first kappa shape index (κ1) is 16.8. The fourth-order valence-corrected chi connectivity index (χ4v) is 4.80. The Balaban J connectivity index is 1.85. The summed E-state index contributed by atoms with van der Waals surface area (Å²) in [5, 5.41) is 0. The number of fused-ring (bicyclic) bond motifs is 3. The normalized spacial score (nSPS) is 22.4. The van der Waals surface area contributed by atoms with Crippen LogP contribution in [0.2, 0.25) is 0 Å². The summed E-state index contributed by atoms with van der Waals surface area (Å²) in [4.78, 5) is 3.94. The van der Waals surface area contributed by atoms with E-state index in [1.54, 1.807) is 26.0 Å². The lowest BCUT2D eigenvalue weighted by Gasteiger charge is -2.38. The van der Waals surface area contributed by atoms with Gasteiger partial charge >= 0.3 is 0 Å². The van der Waals surface area contributed by atoms with Crippen molar-refractivity contribution in [3.8, 4) is 11.5 Å². The van der Waals surface area contributed by atoms with Gasteiger partial charge in [-0.05, 0) is 55.0 Å². The first-order valence-corrected chi connectivity index (χ1v) is 10.1. The minimum atomic E-state index is 0.348. The number of rotatable bonds is 4. The topological polar surface area (TPSA) is 21.7 Å². The van der Waals surface area contributed by atoms with Crippen LogP contribution in [0.25, 0.3) is 0 Å². The summed E-state index contributed by atoms with van der Waals surface area (Å²) in [5.41, 5.74) is 4.11. The Labute approximate surface area is 154 Å². The molecule has 4 rings (SSSR count). The molecule has 4 heteroatoms. The molecule has 132 valence electrons. The Morgan fingerprint density at radius 1 is 1.08 bits per heavy atom. The summed E-state index contributed by atoms with van der Waals surface area (Å²) in [5.74, 6) is 2.20. The molecular formula is C21H25NO2S. The summed E-state index contributed by atoms with van der Waals surface area (Å²) in [7, 11) is 3.50. The SMILES string of the molecule is COc1cc(OC)c2c(c1)[C@H]1CCCN1C[C@H]2c1ccc(SC)cc1. The van der Waals surface area contributed by atoms with Gasteiger partial charge in [-0.2, -0.15) is 0 Å². The minimum absolute atomic E-state index is 0.348. The van der Waals surface area contributed by atoms with Crippen molar-refractivity contribution in [2.45, 2.75) is 29.7 Å². The van der Waals surface area contributed by atoms with Crippen LogP contribution in [-0.2, 0) is 0 Å². The maximum absolute atomic E-state index is 5.80. The molecule has 1 saturated heterocycles. The molecule has 0 bridgehead atoms. The molecule has 2 heterocycles. The Bertz CT molecular complexity index is 759. The molecule has 0 radical (unpaired) electrons. The fraction of sp³-hybridized carbons (Fsp3) is 0.429. The third-order valence-corrected chi connectivity index (χ3v) is 6.35. The molecule has 1 fully saturated rings. The largest absolute Gasteiger partial charge is 0.497 e. The molecule has 0 amide bonds. The van der Waals surface area contributed by atoms with Crippen LogP contribution in [0.3, 0.4) is 0 Å². The Morgan fingerprint density at radius 3 is 2.56 bits per heavy atom. The van der Waals surface area contributed by atoms with E-state index in [1.165, 1.54) is 41.0 Å². The molecule has 0 N–H and O–H groups in total. The highest BCUT2D eigenvalue weighted by Gasteiger charge is 2.38. The van der Waals surface area contributed by atoms with Gasteiger partial charge in [0.05, 0.1) is 14.2 Å². The highest BCUT2D eigenvalue weighted by Crippen LogP contribution is 2.49. The monoisotopic (exact) mass is 355 g/mol. The number of thioether (sulfide) groups is 1. The number of hydrogen-bond acceptors (Lipinski definition) is 4. The van der Waals surface area contributed by atoms with Crippen molar-refractivity contribution in [1.29, 1.82) is 0 Å². The summed E-state index contributed by atoms with van der Waals surface area (Å²) < 4.78 is 11.3. The van der Waals surface area contributed by atoms with Crippen molar-refractivity contribution in [3.05, 3.63) is 53.1 Å². The molecule has 0 saturated carbocycles. The van der Waals surface area contributed by atoms with Gasteiger partial charge in [0, 0.05) is 35.0 Å². The van der Waals surface area contributed by atoms with Crippen molar-refractivity contribution in [3.63, 3.8) is 0 Å². The quantitative estimate of drug-likeness (QED) is 0.741. The number of ether oxygens (including phenoxy) is 2. The Morgan fingerprint density at radius 2 is 1.88 bits per heavy atom. The van der Waals surface area contributed by atoms with E-state index in [2.05, 4.69) is 41.5 Å². The van der Waals surface area contributed by atoms with Crippen LogP contribution in [0.4, 0.5) is 0 Å². The van der Waals surface area contributed by atoms with E-state index >= 15 is 0 Å². The minimum Gasteiger partial charge on any atom is -0.497 e. The molecule has 2 aliphatic heterocycles. The van der Waals surface area contributed by atoms with Crippen molar-refractivity contribution >= 4 is 11.8 Å². The Hall–Kier alpha value is -1.65. The van der Waals surface area contributed by atoms with Crippen LogP contribution in [0, 0.1) is 0 Å². The van der Waals surface area contributed by atoms with Crippen molar-refractivity contribution in [2.75, 3.05) is 33.6 Å². The van der Waals surface area contributed by atoms with Gasteiger partial charge in [-0.3, -0.25) is 4.90 Å². The van der Waals surface area contributed by atoms with E-state index in [0.717, 1.165) is 18.0 Å². The molecule has 0 aromatic heterocycles. The van der Waals surface area contributed by atoms with E-state index < -0.39 is 0 Å². The van der Waals surface area contributed by atoms with Crippen molar-refractivity contribution in [1.82, 2.24) is 4.90 Å². The predicted molar refractivity (Wildman–Crippen MR) is 103 cm³/mol. The van der Waals surface area contributed by atoms with Crippen LogP contribution in [0.15, 0.2) is 41.3 Å². The van der Waals surface area contributed by atoms with E-state index in [-0.39, 0.29) is 0 Å². The first-order chi connectivity index (χ1) is 12.2. The summed E-state index contributed by atoms with van der Waals surface area (Å²) in [6.45, 7) is 2.25. The van der Waals surface area contributed by atoms with E-state index in [0.29, 0.717) is 12.0 Å². The third-order valence-electron chi connectivity index (χ3n) is 5.61. The van der Waals surface area contributed by atoms with Crippen molar-refractivity contribution in [2.24, 2.45) is 0 Å². The lowest BCUT2D eigenvalue weighted by molar-refractivity contribution is 0.226. The molecule has 0 unspecified atom stereocenters. The standard InChI is InChI=1S/C21H25NO2S/c1-23-15-11-17-19-5-4-10-22(19)13-18(21(17)20(12-15)24-2)14-6-8-16(25-3)9-7-14/h6-9,11-12,18-19H,4-5,10,13H2,1-3H3/t18-,19+/m0/s1. The van der Waals surface area contributed by atoms with E-state index in [9.17, 15) is 0 Å². The second-order valence-electron chi connectivity index (χ2n) is 6.81. The second kappa shape index (κ2) is 6.93. The predicted octanol–water partition coefficient (Wildman–Crippen LogP) is 4.71. The van der Waals surface area contributed by atoms with Gasteiger partial charge in [-0.15, -0.1) is 11.8 Å². The van der Waals surface area contributed by atoms with Crippen molar-refractivity contribution < 1.29 is 9.47 Å². The molecule has 0 aliphatic carbocycles. The van der Waals surface area contributed by atoms with Gasteiger partial charge in [0.15, 0.2) is 0 Å². The molecule has 25 heavy (non-hydrogen) atoms.